The zero-order chi connectivity index (χ0) is 24.7. The molecule has 12 heteroatoms. The molecule has 0 saturated carbocycles. The molecule has 33 heavy (non-hydrogen) atoms. The maximum Gasteiger partial charge on any atom is 0.416 e. The highest BCUT2D eigenvalue weighted by Gasteiger charge is 2.33. The van der Waals surface area contributed by atoms with Gasteiger partial charge in [-0.05, 0) is 30.7 Å². The van der Waals surface area contributed by atoms with Crippen molar-refractivity contribution in [1.82, 2.24) is 4.57 Å². The number of aryl methyl sites for hydroxylation is 1. The van der Waals surface area contributed by atoms with E-state index < -0.39 is 46.7 Å². The van der Waals surface area contributed by atoms with E-state index in [1.54, 1.807) is 6.07 Å². The van der Waals surface area contributed by atoms with Crippen molar-refractivity contribution in [2.45, 2.75) is 13.1 Å². The summed E-state index contributed by atoms with van der Waals surface area (Å²) in [6, 6.07) is 3.62. The molecule has 0 fully saturated rings. The third kappa shape index (κ3) is 4.30. The Hall–Kier alpha value is -4.14. The lowest BCUT2D eigenvalue weighted by Crippen LogP contribution is -2.12. The number of benzene rings is 2. The Labute approximate surface area is 182 Å². The van der Waals surface area contributed by atoms with Crippen LogP contribution < -0.4 is 10.5 Å². The largest absolute Gasteiger partial charge is 0.464 e. The average Bonchev–Trinajstić information content (AvgIpc) is 3.06. The first kappa shape index (κ1) is 23.5. The van der Waals surface area contributed by atoms with Crippen LogP contribution in [0.2, 0.25) is 0 Å². The molecular weight excluding hydrogens is 456 g/mol. The molecule has 1 heterocycles. The van der Waals surface area contributed by atoms with Crippen LogP contribution in [0.1, 0.15) is 27.2 Å². The standard InChI is InChI=1S/C21H13F6N3O3/c1-9-3-12(22)16(33-19-13(23)4-11(5-14(19)24)21(25,26)27)6-15(9)30-8-10(7-28)17(29)18(30)20(31)32-2/h3-6,8H,29H2,1-2H3. The summed E-state index contributed by atoms with van der Waals surface area (Å²) in [5.74, 6) is -7.49. The van der Waals surface area contributed by atoms with Crippen LogP contribution in [0.5, 0.6) is 11.5 Å². The van der Waals surface area contributed by atoms with Crippen molar-refractivity contribution >= 4 is 11.7 Å². The van der Waals surface area contributed by atoms with Crippen LogP contribution in [-0.2, 0) is 10.9 Å². The van der Waals surface area contributed by atoms with E-state index >= 15 is 0 Å². The molecule has 1 aromatic heterocycles. The second kappa shape index (κ2) is 8.42. The Morgan fingerprint density at radius 3 is 2.21 bits per heavy atom. The normalized spacial score (nSPS) is 11.2. The van der Waals surface area contributed by atoms with Gasteiger partial charge in [-0.1, -0.05) is 0 Å². The predicted octanol–water partition coefficient (Wildman–Crippen LogP) is 5.25. The number of rotatable bonds is 4. The number of methoxy groups -OCH3 is 1. The van der Waals surface area contributed by atoms with Crippen LogP contribution in [0, 0.1) is 35.7 Å². The number of ether oxygens (including phenoxy) is 2. The quantitative estimate of drug-likeness (QED) is 0.416. The first-order valence-corrected chi connectivity index (χ1v) is 8.92. The molecule has 0 aliphatic rings. The first-order valence-electron chi connectivity index (χ1n) is 8.92. The number of nitrogen functional groups attached to an aromatic ring is 1. The van der Waals surface area contributed by atoms with E-state index in [-0.39, 0.29) is 40.3 Å². The van der Waals surface area contributed by atoms with Gasteiger partial charge in [0.25, 0.3) is 0 Å². The molecule has 0 saturated heterocycles. The fraction of sp³-hybridized carbons (Fsp3) is 0.143. The van der Waals surface area contributed by atoms with Crippen molar-refractivity contribution in [3.05, 3.63) is 70.3 Å². The second-order valence-electron chi connectivity index (χ2n) is 6.72. The molecule has 6 nitrogen and oxygen atoms in total. The SMILES string of the molecule is COC(=O)c1c(N)c(C#N)cn1-c1cc(Oc2c(F)cc(C(F)(F)F)cc2F)c(F)cc1C. The number of esters is 1. The molecule has 172 valence electrons. The molecule has 2 N–H and O–H groups in total. The van der Waals surface area contributed by atoms with Gasteiger partial charge in [-0.15, -0.1) is 0 Å². The van der Waals surface area contributed by atoms with Crippen molar-refractivity contribution in [3.63, 3.8) is 0 Å². The van der Waals surface area contributed by atoms with Gasteiger partial charge >= 0.3 is 12.1 Å². The number of nitriles is 1. The van der Waals surface area contributed by atoms with Crippen LogP contribution in [0.25, 0.3) is 5.69 Å². The number of halogens is 6. The Balaban J connectivity index is 2.16. The number of anilines is 1. The third-order valence-corrected chi connectivity index (χ3v) is 4.59. The fourth-order valence-corrected chi connectivity index (χ4v) is 3.02. The van der Waals surface area contributed by atoms with Crippen molar-refractivity contribution in [3.8, 4) is 23.3 Å². The minimum Gasteiger partial charge on any atom is -0.464 e. The van der Waals surface area contributed by atoms with Gasteiger partial charge in [-0.3, -0.25) is 0 Å². The highest BCUT2D eigenvalue weighted by atomic mass is 19.4. The third-order valence-electron chi connectivity index (χ3n) is 4.59. The number of carbonyl (C=O) groups is 1. The van der Waals surface area contributed by atoms with Crippen molar-refractivity contribution in [1.29, 1.82) is 5.26 Å². The topological polar surface area (TPSA) is 90.3 Å². The second-order valence-corrected chi connectivity index (χ2v) is 6.72. The van der Waals surface area contributed by atoms with E-state index in [9.17, 15) is 36.4 Å². The molecule has 0 aliphatic carbocycles. The monoisotopic (exact) mass is 469 g/mol. The fourth-order valence-electron chi connectivity index (χ4n) is 3.02. The molecule has 2 aromatic carbocycles. The van der Waals surface area contributed by atoms with Gasteiger partial charge in [0, 0.05) is 12.3 Å². The average molecular weight is 469 g/mol. The molecule has 0 unspecified atom stereocenters. The summed E-state index contributed by atoms with van der Waals surface area (Å²) in [5, 5.41) is 9.22. The number of nitrogens with zero attached hydrogens (tertiary/aromatic N) is 2. The van der Waals surface area contributed by atoms with E-state index in [2.05, 4.69) is 4.74 Å². The summed E-state index contributed by atoms with van der Waals surface area (Å²) in [5.41, 5.74) is 3.83. The first-order chi connectivity index (χ1) is 15.4. The summed E-state index contributed by atoms with van der Waals surface area (Å²) < 4.78 is 91.8. The van der Waals surface area contributed by atoms with Gasteiger partial charge in [-0.25, -0.2) is 18.0 Å². The van der Waals surface area contributed by atoms with Gasteiger partial charge in [0.2, 0.25) is 0 Å². The molecule has 3 rings (SSSR count). The number of alkyl halides is 3. The van der Waals surface area contributed by atoms with E-state index in [1.165, 1.54) is 6.92 Å². The molecule has 0 atom stereocenters. The maximum absolute atomic E-state index is 14.5. The van der Waals surface area contributed by atoms with E-state index in [0.717, 1.165) is 30.0 Å². The molecule has 0 radical (unpaired) electrons. The highest BCUT2D eigenvalue weighted by molar-refractivity contribution is 5.96. The molecule has 3 aromatic rings. The molecule has 0 aliphatic heterocycles. The summed E-state index contributed by atoms with van der Waals surface area (Å²) >= 11 is 0. The van der Waals surface area contributed by atoms with Crippen LogP contribution in [0.3, 0.4) is 0 Å². The summed E-state index contributed by atoms with van der Waals surface area (Å²) in [7, 11) is 1.06. The number of hydrogen-bond acceptors (Lipinski definition) is 5. The number of nitrogens with two attached hydrogens (primary N) is 1. The molecular formula is C21H13F6N3O3. The Kier molecular flexibility index (Phi) is 6.00. The van der Waals surface area contributed by atoms with Crippen molar-refractivity contribution in [2.24, 2.45) is 0 Å². The lowest BCUT2D eigenvalue weighted by Gasteiger charge is -2.16. The lowest BCUT2D eigenvalue weighted by molar-refractivity contribution is -0.138. The molecule has 0 spiro atoms. The summed E-state index contributed by atoms with van der Waals surface area (Å²) in [4.78, 5) is 12.2. The van der Waals surface area contributed by atoms with Gasteiger partial charge in [0.05, 0.1) is 29.6 Å². The lowest BCUT2D eigenvalue weighted by atomic mass is 10.1. The Morgan fingerprint density at radius 1 is 1.09 bits per heavy atom. The van der Waals surface area contributed by atoms with Crippen molar-refractivity contribution < 1.29 is 40.6 Å². The maximum atomic E-state index is 14.5. The predicted molar refractivity (Wildman–Crippen MR) is 102 cm³/mol. The molecule has 0 bridgehead atoms. The zero-order valence-corrected chi connectivity index (χ0v) is 16.9. The highest BCUT2D eigenvalue weighted by Crippen LogP contribution is 2.37. The van der Waals surface area contributed by atoms with Gasteiger partial charge in [0.1, 0.15) is 6.07 Å². The van der Waals surface area contributed by atoms with Crippen LogP contribution in [0.4, 0.5) is 32.0 Å². The van der Waals surface area contributed by atoms with E-state index in [1.807, 2.05) is 0 Å². The van der Waals surface area contributed by atoms with E-state index in [0.29, 0.717) is 0 Å². The number of carbonyl (C=O) groups excluding carboxylic acids is 1. The van der Waals surface area contributed by atoms with Gasteiger partial charge < -0.3 is 19.8 Å². The van der Waals surface area contributed by atoms with Gasteiger partial charge in [-0.2, -0.15) is 18.4 Å². The number of hydrogen-bond donors (Lipinski definition) is 1. The minimum atomic E-state index is -5.01. The summed E-state index contributed by atoms with van der Waals surface area (Å²) in [6.45, 7) is 1.42. The Bertz CT molecular complexity index is 1290. The zero-order valence-electron chi connectivity index (χ0n) is 16.9. The van der Waals surface area contributed by atoms with Crippen LogP contribution >= 0.6 is 0 Å². The number of aromatic nitrogens is 1. The van der Waals surface area contributed by atoms with E-state index in [4.69, 9.17) is 10.5 Å². The molecule has 0 amide bonds. The van der Waals surface area contributed by atoms with Crippen molar-refractivity contribution in [2.75, 3.05) is 12.8 Å². The summed E-state index contributed by atoms with van der Waals surface area (Å²) in [6.07, 6.45) is -3.86. The van der Waals surface area contributed by atoms with Crippen LogP contribution in [0.15, 0.2) is 30.5 Å². The smallest absolute Gasteiger partial charge is 0.416 e. The van der Waals surface area contributed by atoms with Gasteiger partial charge in [0.15, 0.2) is 34.6 Å². The van der Waals surface area contributed by atoms with Crippen LogP contribution in [-0.4, -0.2) is 17.6 Å². The Morgan fingerprint density at radius 2 is 1.70 bits per heavy atom. The minimum absolute atomic E-state index is 0.00657.